The highest BCUT2D eigenvalue weighted by Crippen LogP contribution is 2.27. The molecule has 18 heavy (non-hydrogen) atoms. The van der Waals surface area contributed by atoms with E-state index in [-0.39, 0.29) is 11.4 Å². The van der Waals surface area contributed by atoms with Crippen molar-refractivity contribution in [3.8, 4) is 0 Å². The molecule has 0 amide bonds. The quantitative estimate of drug-likeness (QED) is 0.632. The highest BCUT2D eigenvalue weighted by molar-refractivity contribution is 6.30. The molecular formula is C9H9ClN2O6. The van der Waals surface area contributed by atoms with Gasteiger partial charge in [-0.15, -0.1) is 0 Å². The van der Waals surface area contributed by atoms with Gasteiger partial charge in [0.1, 0.15) is 11.3 Å². The van der Waals surface area contributed by atoms with Gasteiger partial charge in [-0.3, -0.25) is 14.3 Å². The first-order valence-electron chi connectivity index (χ1n) is 4.97. The Morgan fingerprint density at radius 3 is 2.78 bits per heavy atom. The summed E-state index contributed by atoms with van der Waals surface area (Å²) >= 11 is 5.56. The van der Waals surface area contributed by atoms with Gasteiger partial charge >= 0.3 is 11.7 Å². The fourth-order valence-corrected chi connectivity index (χ4v) is 1.87. The number of hydrogen-bond donors (Lipinski definition) is 3. The van der Waals surface area contributed by atoms with Crippen molar-refractivity contribution in [2.75, 3.05) is 0 Å². The molecular weight excluding hydrogens is 268 g/mol. The number of aliphatic hydroxyl groups excluding tert-OH is 1. The zero-order chi connectivity index (χ0) is 13.4. The standard InChI is InChI=1S/C9H9ClN2O6/c10-3-2-12(9(17)11-7(3)14)5-1-4(13)6(18-5)8(15)16/h2,4-6,13H,1H2,(H,15,16)(H,11,14,17)/t4-,5+,6-/m0/s1. The van der Waals surface area contributed by atoms with Crippen LogP contribution in [0.3, 0.4) is 0 Å². The Hall–Kier alpha value is -1.64. The second kappa shape index (κ2) is 4.56. The number of ether oxygens (including phenoxy) is 1. The number of carboxylic acids is 1. The zero-order valence-corrected chi connectivity index (χ0v) is 9.63. The Labute approximate surface area is 104 Å². The number of nitrogens with zero attached hydrogens (tertiary/aromatic N) is 1. The molecule has 0 unspecified atom stereocenters. The average molecular weight is 277 g/mol. The summed E-state index contributed by atoms with van der Waals surface area (Å²) in [5, 5.41) is 18.0. The van der Waals surface area contributed by atoms with Gasteiger partial charge in [0.25, 0.3) is 5.56 Å². The summed E-state index contributed by atoms with van der Waals surface area (Å²) in [4.78, 5) is 35.3. The fourth-order valence-electron chi connectivity index (χ4n) is 1.72. The van der Waals surface area contributed by atoms with E-state index in [4.69, 9.17) is 21.4 Å². The van der Waals surface area contributed by atoms with E-state index >= 15 is 0 Å². The van der Waals surface area contributed by atoms with Gasteiger partial charge < -0.3 is 14.9 Å². The molecule has 0 spiro atoms. The van der Waals surface area contributed by atoms with Crippen LogP contribution >= 0.6 is 11.6 Å². The molecule has 9 heteroatoms. The van der Waals surface area contributed by atoms with Crippen molar-refractivity contribution in [3.05, 3.63) is 32.1 Å². The largest absolute Gasteiger partial charge is 0.479 e. The molecule has 1 aliphatic rings. The average Bonchev–Trinajstić information content (AvgIpc) is 2.65. The molecule has 8 nitrogen and oxygen atoms in total. The van der Waals surface area contributed by atoms with Crippen molar-refractivity contribution in [2.45, 2.75) is 24.9 Å². The van der Waals surface area contributed by atoms with E-state index in [1.54, 1.807) is 0 Å². The Morgan fingerprint density at radius 1 is 1.56 bits per heavy atom. The molecule has 0 radical (unpaired) electrons. The van der Waals surface area contributed by atoms with Crippen LogP contribution in [0.5, 0.6) is 0 Å². The van der Waals surface area contributed by atoms with E-state index in [1.165, 1.54) is 0 Å². The minimum absolute atomic E-state index is 0.0841. The highest BCUT2D eigenvalue weighted by atomic mass is 35.5. The van der Waals surface area contributed by atoms with Crippen LogP contribution in [0.2, 0.25) is 5.02 Å². The van der Waals surface area contributed by atoms with Crippen LogP contribution < -0.4 is 11.2 Å². The number of rotatable bonds is 2. The van der Waals surface area contributed by atoms with Crippen molar-refractivity contribution < 1.29 is 19.7 Å². The molecule has 98 valence electrons. The number of carbonyl (C=O) groups is 1. The van der Waals surface area contributed by atoms with Gasteiger partial charge in [-0.2, -0.15) is 0 Å². The number of nitrogens with one attached hydrogen (secondary N) is 1. The van der Waals surface area contributed by atoms with Gasteiger partial charge in [-0.25, -0.2) is 9.59 Å². The Kier molecular flexibility index (Phi) is 3.24. The predicted octanol–water partition coefficient (Wildman–Crippen LogP) is -1.08. The monoisotopic (exact) mass is 276 g/mol. The van der Waals surface area contributed by atoms with Crippen molar-refractivity contribution in [1.29, 1.82) is 0 Å². The maximum absolute atomic E-state index is 11.5. The first kappa shape index (κ1) is 12.8. The minimum Gasteiger partial charge on any atom is -0.479 e. The molecule has 0 bridgehead atoms. The molecule has 3 N–H and O–H groups in total. The maximum atomic E-state index is 11.5. The first-order valence-corrected chi connectivity index (χ1v) is 5.35. The third kappa shape index (κ3) is 2.17. The number of aliphatic carboxylic acids is 1. The summed E-state index contributed by atoms with van der Waals surface area (Å²) in [7, 11) is 0. The second-order valence-electron chi connectivity index (χ2n) is 3.80. The minimum atomic E-state index is -1.41. The SMILES string of the molecule is O=C(O)[C@H]1O[C@@H](n2cc(Cl)c(=O)[nH]c2=O)C[C@@H]1O. The van der Waals surface area contributed by atoms with Gasteiger partial charge in [0, 0.05) is 12.6 Å². The zero-order valence-electron chi connectivity index (χ0n) is 8.87. The van der Waals surface area contributed by atoms with Gasteiger partial charge in [-0.05, 0) is 0 Å². The molecule has 1 aliphatic heterocycles. The van der Waals surface area contributed by atoms with Gasteiger partial charge in [-0.1, -0.05) is 11.6 Å². The van der Waals surface area contributed by atoms with Crippen LogP contribution in [0.15, 0.2) is 15.8 Å². The molecule has 1 aromatic rings. The maximum Gasteiger partial charge on any atom is 0.335 e. The third-order valence-corrected chi connectivity index (χ3v) is 2.84. The molecule has 0 aromatic carbocycles. The van der Waals surface area contributed by atoms with Crippen LogP contribution in [0, 0.1) is 0 Å². The smallest absolute Gasteiger partial charge is 0.335 e. The van der Waals surface area contributed by atoms with Crippen LogP contribution in [0.4, 0.5) is 0 Å². The van der Waals surface area contributed by atoms with E-state index in [9.17, 15) is 19.5 Å². The number of hydrogen-bond acceptors (Lipinski definition) is 5. The molecule has 3 atom stereocenters. The van der Waals surface area contributed by atoms with E-state index in [0.717, 1.165) is 10.8 Å². The lowest BCUT2D eigenvalue weighted by atomic mass is 10.2. The van der Waals surface area contributed by atoms with Gasteiger partial charge in [0.2, 0.25) is 0 Å². The van der Waals surface area contributed by atoms with E-state index in [1.807, 2.05) is 4.98 Å². The lowest BCUT2D eigenvalue weighted by Gasteiger charge is -2.13. The predicted molar refractivity (Wildman–Crippen MR) is 58.5 cm³/mol. The summed E-state index contributed by atoms with van der Waals surface area (Å²) in [6.45, 7) is 0. The normalized spacial score (nSPS) is 27.3. The molecule has 0 aliphatic carbocycles. The summed E-state index contributed by atoms with van der Waals surface area (Å²) in [5.74, 6) is -1.33. The van der Waals surface area contributed by atoms with Crippen LogP contribution in [0.25, 0.3) is 0 Å². The fraction of sp³-hybridized carbons (Fsp3) is 0.444. The Bertz CT molecular complexity index is 593. The number of aliphatic hydroxyl groups is 1. The summed E-state index contributed by atoms with van der Waals surface area (Å²) in [6.07, 6.45) is -2.66. The lowest BCUT2D eigenvalue weighted by molar-refractivity contribution is -0.155. The van der Waals surface area contributed by atoms with Crippen LogP contribution in [0.1, 0.15) is 12.6 Å². The number of aromatic amines is 1. The molecule has 0 saturated carbocycles. The third-order valence-electron chi connectivity index (χ3n) is 2.57. The second-order valence-corrected chi connectivity index (χ2v) is 4.20. The van der Waals surface area contributed by atoms with Crippen LogP contribution in [-0.4, -0.2) is 37.9 Å². The van der Waals surface area contributed by atoms with E-state index < -0.39 is 35.7 Å². The molecule has 1 saturated heterocycles. The van der Waals surface area contributed by atoms with Crippen LogP contribution in [-0.2, 0) is 9.53 Å². The molecule has 1 aromatic heterocycles. The molecule has 2 heterocycles. The van der Waals surface area contributed by atoms with Crippen molar-refractivity contribution in [3.63, 3.8) is 0 Å². The number of aromatic nitrogens is 2. The molecule has 1 fully saturated rings. The summed E-state index contributed by atoms with van der Waals surface area (Å²) < 4.78 is 5.97. The first-order chi connectivity index (χ1) is 8.40. The summed E-state index contributed by atoms with van der Waals surface area (Å²) in [5.41, 5.74) is -1.53. The van der Waals surface area contributed by atoms with Crippen molar-refractivity contribution in [2.24, 2.45) is 0 Å². The topological polar surface area (TPSA) is 122 Å². The van der Waals surface area contributed by atoms with Gasteiger partial charge in [0.15, 0.2) is 6.10 Å². The molecule has 2 rings (SSSR count). The number of H-pyrrole nitrogens is 1. The summed E-state index contributed by atoms with van der Waals surface area (Å²) in [6, 6.07) is 0. The number of halogens is 1. The number of carboxylic acid groups (broad SMARTS) is 1. The van der Waals surface area contributed by atoms with Crippen molar-refractivity contribution >= 4 is 17.6 Å². The van der Waals surface area contributed by atoms with Crippen molar-refractivity contribution in [1.82, 2.24) is 9.55 Å². The van der Waals surface area contributed by atoms with E-state index in [2.05, 4.69) is 0 Å². The Balaban J connectivity index is 2.35. The van der Waals surface area contributed by atoms with E-state index in [0.29, 0.717) is 0 Å². The Morgan fingerprint density at radius 2 is 2.22 bits per heavy atom. The highest BCUT2D eigenvalue weighted by Gasteiger charge is 2.40. The lowest BCUT2D eigenvalue weighted by Crippen LogP contribution is -2.33. The van der Waals surface area contributed by atoms with Gasteiger partial charge in [0.05, 0.1) is 6.10 Å².